The molecule has 1 rings (SSSR count). The minimum Gasteiger partial charge on any atom is -0.392 e. The van der Waals surface area contributed by atoms with E-state index in [0.717, 1.165) is 23.5 Å². The van der Waals surface area contributed by atoms with Gasteiger partial charge in [0.15, 0.2) is 0 Å². The Hall–Kier alpha value is -0.410. The minimum atomic E-state index is -0.241. The summed E-state index contributed by atoms with van der Waals surface area (Å²) in [6.07, 6.45) is 2.69. The lowest BCUT2D eigenvalue weighted by atomic mass is 9.97. The van der Waals surface area contributed by atoms with Crippen molar-refractivity contribution in [1.82, 2.24) is 4.98 Å². The normalized spacial score (nSPS) is 15.3. The molecule has 15 heavy (non-hydrogen) atoms. The summed E-state index contributed by atoms with van der Waals surface area (Å²) in [5.41, 5.74) is 1.10. The monoisotopic (exact) mass is 227 g/mol. The summed E-state index contributed by atoms with van der Waals surface area (Å²) in [7, 11) is 0. The van der Waals surface area contributed by atoms with Gasteiger partial charge in [-0.15, -0.1) is 11.3 Å². The van der Waals surface area contributed by atoms with Crippen molar-refractivity contribution in [2.75, 3.05) is 0 Å². The summed E-state index contributed by atoms with van der Waals surface area (Å²) in [5.74, 6) is 0.375. The molecule has 1 heterocycles. The van der Waals surface area contributed by atoms with Crippen molar-refractivity contribution in [2.45, 2.75) is 53.1 Å². The first kappa shape index (κ1) is 12.7. The minimum absolute atomic E-state index is 0.241. The Morgan fingerprint density at radius 3 is 2.53 bits per heavy atom. The maximum atomic E-state index is 9.97. The zero-order valence-electron chi connectivity index (χ0n) is 10.1. The first-order valence-electron chi connectivity index (χ1n) is 5.65. The Morgan fingerprint density at radius 1 is 1.40 bits per heavy atom. The van der Waals surface area contributed by atoms with E-state index in [2.05, 4.69) is 25.8 Å². The molecule has 2 nitrogen and oxygen atoms in total. The second-order valence-electron chi connectivity index (χ2n) is 4.29. The highest BCUT2D eigenvalue weighted by Crippen LogP contribution is 2.21. The van der Waals surface area contributed by atoms with E-state index in [9.17, 15) is 5.11 Å². The number of hydrogen-bond donors (Lipinski definition) is 1. The molecule has 1 aromatic heterocycles. The summed E-state index contributed by atoms with van der Waals surface area (Å²) in [5, 5.41) is 11.0. The van der Waals surface area contributed by atoms with Crippen LogP contribution in [0, 0.1) is 19.8 Å². The summed E-state index contributed by atoms with van der Waals surface area (Å²) >= 11 is 1.71. The summed E-state index contributed by atoms with van der Waals surface area (Å²) in [6.45, 7) is 8.37. The predicted octanol–water partition coefficient (Wildman–Crippen LogP) is 3.10. The number of aliphatic hydroxyl groups is 1. The molecule has 0 aliphatic heterocycles. The number of aliphatic hydroxyl groups excluding tert-OH is 1. The molecular formula is C12H21NOS. The van der Waals surface area contributed by atoms with E-state index >= 15 is 0 Å². The van der Waals surface area contributed by atoms with E-state index in [-0.39, 0.29) is 6.10 Å². The summed E-state index contributed by atoms with van der Waals surface area (Å²) in [4.78, 5) is 5.72. The second-order valence-corrected chi connectivity index (χ2v) is 5.57. The molecule has 1 aromatic rings. The summed E-state index contributed by atoms with van der Waals surface area (Å²) in [6, 6.07) is 0. The highest BCUT2D eigenvalue weighted by atomic mass is 32.1. The number of thiazole rings is 1. The lowest BCUT2D eigenvalue weighted by molar-refractivity contribution is 0.111. The van der Waals surface area contributed by atoms with Crippen LogP contribution >= 0.6 is 11.3 Å². The van der Waals surface area contributed by atoms with Gasteiger partial charge < -0.3 is 5.11 Å². The molecule has 0 fully saturated rings. The van der Waals surface area contributed by atoms with E-state index in [0.29, 0.717) is 12.3 Å². The smallest absolute Gasteiger partial charge is 0.0956 e. The molecule has 0 saturated heterocycles. The molecule has 0 aliphatic carbocycles. The van der Waals surface area contributed by atoms with E-state index in [1.165, 1.54) is 4.88 Å². The van der Waals surface area contributed by atoms with Gasteiger partial charge >= 0.3 is 0 Å². The van der Waals surface area contributed by atoms with Crippen LogP contribution in [-0.2, 0) is 6.42 Å². The fraction of sp³-hybridized carbons (Fsp3) is 0.750. The van der Waals surface area contributed by atoms with Crippen LogP contribution in [0.5, 0.6) is 0 Å². The van der Waals surface area contributed by atoms with Gasteiger partial charge in [0, 0.05) is 11.3 Å². The van der Waals surface area contributed by atoms with Gasteiger partial charge in [0.2, 0.25) is 0 Å². The molecule has 0 saturated carbocycles. The first-order valence-corrected chi connectivity index (χ1v) is 6.47. The Bertz CT molecular complexity index is 289. The second kappa shape index (κ2) is 5.61. The van der Waals surface area contributed by atoms with E-state index in [4.69, 9.17) is 0 Å². The van der Waals surface area contributed by atoms with Crippen LogP contribution in [0.15, 0.2) is 0 Å². The first-order chi connectivity index (χ1) is 7.04. The largest absolute Gasteiger partial charge is 0.392 e. The third-order valence-electron chi connectivity index (χ3n) is 2.86. The van der Waals surface area contributed by atoms with Gasteiger partial charge in [0.25, 0.3) is 0 Å². The van der Waals surface area contributed by atoms with Crippen LogP contribution in [-0.4, -0.2) is 16.2 Å². The number of nitrogens with zero attached hydrogens (tertiary/aromatic N) is 1. The zero-order valence-corrected chi connectivity index (χ0v) is 10.9. The Labute approximate surface area is 96.4 Å². The molecule has 0 aromatic carbocycles. The van der Waals surface area contributed by atoms with Crippen molar-refractivity contribution in [1.29, 1.82) is 0 Å². The average molecular weight is 227 g/mol. The average Bonchev–Trinajstić information content (AvgIpc) is 2.46. The van der Waals surface area contributed by atoms with Gasteiger partial charge in [0.1, 0.15) is 0 Å². The highest BCUT2D eigenvalue weighted by molar-refractivity contribution is 7.11. The molecule has 3 heteroatoms. The number of aryl methyl sites for hydroxylation is 2. The molecule has 0 radical (unpaired) electrons. The van der Waals surface area contributed by atoms with Crippen LogP contribution in [0.3, 0.4) is 0 Å². The van der Waals surface area contributed by atoms with Crippen LogP contribution < -0.4 is 0 Å². The van der Waals surface area contributed by atoms with Crippen molar-refractivity contribution < 1.29 is 5.11 Å². The molecular weight excluding hydrogens is 206 g/mol. The predicted molar refractivity (Wildman–Crippen MR) is 65.4 cm³/mol. The SMILES string of the molecule is CCCC(C)C(O)Cc1nc(C)c(C)s1. The van der Waals surface area contributed by atoms with Crippen LogP contribution in [0.25, 0.3) is 0 Å². The quantitative estimate of drug-likeness (QED) is 0.838. The van der Waals surface area contributed by atoms with Crippen molar-refractivity contribution >= 4 is 11.3 Å². The van der Waals surface area contributed by atoms with Crippen molar-refractivity contribution in [3.05, 3.63) is 15.6 Å². The lowest BCUT2D eigenvalue weighted by Gasteiger charge is -2.16. The Kier molecular flexibility index (Phi) is 4.74. The van der Waals surface area contributed by atoms with Crippen molar-refractivity contribution in [3.8, 4) is 0 Å². The molecule has 0 aliphatic rings. The van der Waals surface area contributed by atoms with Crippen molar-refractivity contribution in [2.24, 2.45) is 5.92 Å². The number of aromatic nitrogens is 1. The maximum Gasteiger partial charge on any atom is 0.0956 e. The number of rotatable bonds is 5. The van der Waals surface area contributed by atoms with Gasteiger partial charge in [-0.2, -0.15) is 0 Å². The fourth-order valence-electron chi connectivity index (χ4n) is 1.65. The van der Waals surface area contributed by atoms with E-state index < -0.39 is 0 Å². The standard InChI is InChI=1S/C12H21NOS/c1-5-6-8(2)11(14)7-12-13-9(3)10(4)15-12/h8,11,14H,5-7H2,1-4H3. The summed E-state index contributed by atoms with van der Waals surface area (Å²) < 4.78 is 0. The molecule has 0 spiro atoms. The molecule has 0 amide bonds. The number of hydrogen-bond acceptors (Lipinski definition) is 3. The van der Waals surface area contributed by atoms with Gasteiger partial charge in [-0.3, -0.25) is 0 Å². The molecule has 0 bridgehead atoms. The third-order valence-corrected chi connectivity index (χ3v) is 3.95. The van der Waals surface area contributed by atoms with Crippen LogP contribution in [0.2, 0.25) is 0 Å². The molecule has 2 unspecified atom stereocenters. The Morgan fingerprint density at radius 2 is 2.07 bits per heavy atom. The molecule has 1 N–H and O–H groups in total. The topological polar surface area (TPSA) is 33.1 Å². The van der Waals surface area contributed by atoms with Crippen LogP contribution in [0.4, 0.5) is 0 Å². The van der Waals surface area contributed by atoms with Crippen molar-refractivity contribution in [3.63, 3.8) is 0 Å². The van der Waals surface area contributed by atoms with E-state index in [1.807, 2.05) is 6.92 Å². The maximum absolute atomic E-state index is 9.97. The Balaban J connectivity index is 2.54. The highest BCUT2D eigenvalue weighted by Gasteiger charge is 2.16. The van der Waals surface area contributed by atoms with Gasteiger partial charge in [-0.25, -0.2) is 4.98 Å². The van der Waals surface area contributed by atoms with Crippen LogP contribution in [0.1, 0.15) is 42.3 Å². The lowest BCUT2D eigenvalue weighted by Crippen LogP contribution is -2.20. The van der Waals surface area contributed by atoms with Gasteiger partial charge in [0.05, 0.1) is 16.8 Å². The molecule has 2 atom stereocenters. The van der Waals surface area contributed by atoms with Gasteiger partial charge in [-0.05, 0) is 26.2 Å². The molecule has 86 valence electrons. The van der Waals surface area contributed by atoms with E-state index in [1.54, 1.807) is 11.3 Å². The third kappa shape index (κ3) is 3.58. The fourth-order valence-corrected chi connectivity index (χ4v) is 2.64. The van der Waals surface area contributed by atoms with Gasteiger partial charge in [-0.1, -0.05) is 20.3 Å². The zero-order chi connectivity index (χ0) is 11.4.